The van der Waals surface area contributed by atoms with Crippen molar-refractivity contribution in [2.75, 3.05) is 18.9 Å². The molecule has 0 aromatic carbocycles. The molecule has 0 aliphatic heterocycles. The number of rotatable bonds is 7. The van der Waals surface area contributed by atoms with E-state index in [0.717, 1.165) is 6.42 Å². The third-order valence-electron chi connectivity index (χ3n) is 2.36. The quantitative estimate of drug-likeness (QED) is 0.810. The highest BCUT2D eigenvalue weighted by atomic mass is 16.5. The summed E-state index contributed by atoms with van der Waals surface area (Å²) >= 11 is 0. The lowest BCUT2D eigenvalue weighted by atomic mass is 10.1. The minimum Gasteiger partial charge on any atom is -0.478 e. The molecule has 1 aromatic heterocycles. The first kappa shape index (κ1) is 14.6. The lowest BCUT2D eigenvalue weighted by molar-refractivity contribution is 0.248. The summed E-state index contributed by atoms with van der Waals surface area (Å²) in [5.74, 6) is 2.10. The molecule has 102 valence electrons. The van der Waals surface area contributed by atoms with Crippen molar-refractivity contribution < 1.29 is 9.47 Å². The van der Waals surface area contributed by atoms with Gasteiger partial charge in [0.05, 0.1) is 18.9 Å². The normalized spacial score (nSPS) is 11.0. The molecule has 1 heterocycles. The standard InChI is InChI=1S/C14H24N2O2/c1-10(2)7-8-17-13-6-5-12(15)14(16-13)18-9-11(3)4/h5-6,10-11H,7-9,15H2,1-4H3. The zero-order chi connectivity index (χ0) is 13.5. The smallest absolute Gasteiger partial charge is 0.240 e. The van der Waals surface area contributed by atoms with E-state index in [1.54, 1.807) is 12.1 Å². The van der Waals surface area contributed by atoms with Crippen LogP contribution >= 0.6 is 0 Å². The molecular weight excluding hydrogens is 228 g/mol. The van der Waals surface area contributed by atoms with Crippen LogP contribution in [0, 0.1) is 11.8 Å². The fourth-order valence-electron chi connectivity index (χ4n) is 1.28. The Morgan fingerprint density at radius 2 is 1.83 bits per heavy atom. The monoisotopic (exact) mass is 252 g/mol. The van der Waals surface area contributed by atoms with E-state index in [2.05, 4.69) is 32.7 Å². The van der Waals surface area contributed by atoms with E-state index < -0.39 is 0 Å². The molecule has 0 saturated heterocycles. The number of ether oxygens (including phenoxy) is 2. The maximum atomic E-state index is 5.81. The van der Waals surface area contributed by atoms with E-state index in [0.29, 0.717) is 42.5 Å². The van der Waals surface area contributed by atoms with Crippen molar-refractivity contribution >= 4 is 5.69 Å². The summed E-state index contributed by atoms with van der Waals surface area (Å²) in [6, 6.07) is 3.55. The van der Waals surface area contributed by atoms with Crippen LogP contribution in [0.3, 0.4) is 0 Å². The molecular formula is C14H24N2O2. The van der Waals surface area contributed by atoms with Crippen LogP contribution in [-0.4, -0.2) is 18.2 Å². The van der Waals surface area contributed by atoms with Crippen molar-refractivity contribution in [3.63, 3.8) is 0 Å². The predicted molar refractivity (Wildman–Crippen MR) is 73.9 cm³/mol. The van der Waals surface area contributed by atoms with Gasteiger partial charge in [0.15, 0.2) is 0 Å². The highest BCUT2D eigenvalue weighted by Gasteiger charge is 2.06. The van der Waals surface area contributed by atoms with Crippen LogP contribution in [0.4, 0.5) is 5.69 Å². The highest BCUT2D eigenvalue weighted by Crippen LogP contribution is 2.22. The Labute approximate surface area is 110 Å². The maximum absolute atomic E-state index is 5.81. The third-order valence-corrected chi connectivity index (χ3v) is 2.36. The molecule has 0 unspecified atom stereocenters. The van der Waals surface area contributed by atoms with Gasteiger partial charge in [0.1, 0.15) is 0 Å². The molecule has 0 aliphatic rings. The van der Waals surface area contributed by atoms with Crippen LogP contribution in [0.5, 0.6) is 11.8 Å². The second kappa shape index (κ2) is 7.09. The zero-order valence-electron chi connectivity index (χ0n) is 11.8. The Morgan fingerprint density at radius 3 is 2.44 bits per heavy atom. The van der Waals surface area contributed by atoms with Crippen molar-refractivity contribution in [2.24, 2.45) is 11.8 Å². The average Bonchev–Trinajstić information content (AvgIpc) is 2.29. The molecule has 0 saturated carbocycles. The van der Waals surface area contributed by atoms with Crippen LogP contribution in [0.25, 0.3) is 0 Å². The van der Waals surface area contributed by atoms with Crippen LogP contribution in [-0.2, 0) is 0 Å². The molecule has 1 rings (SSSR count). The number of anilines is 1. The molecule has 0 spiro atoms. The first-order valence-corrected chi connectivity index (χ1v) is 6.51. The molecule has 0 amide bonds. The summed E-state index contributed by atoms with van der Waals surface area (Å²) < 4.78 is 11.1. The van der Waals surface area contributed by atoms with Crippen LogP contribution < -0.4 is 15.2 Å². The van der Waals surface area contributed by atoms with E-state index >= 15 is 0 Å². The van der Waals surface area contributed by atoms with Crippen LogP contribution in [0.1, 0.15) is 34.1 Å². The number of hydrogen-bond donors (Lipinski definition) is 1. The minimum atomic E-state index is 0.441. The second-order valence-corrected chi connectivity index (χ2v) is 5.28. The Balaban J connectivity index is 2.56. The van der Waals surface area contributed by atoms with Crippen molar-refractivity contribution in [1.82, 2.24) is 4.98 Å². The molecule has 1 aromatic rings. The summed E-state index contributed by atoms with van der Waals surface area (Å²) in [6.07, 6.45) is 1.01. The van der Waals surface area contributed by atoms with E-state index in [1.165, 1.54) is 0 Å². The maximum Gasteiger partial charge on any atom is 0.240 e. The molecule has 0 fully saturated rings. The first-order chi connectivity index (χ1) is 8.49. The number of pyridine rings is 1. The number of aromatic nitrogens is 1. The van der Waals surface area contributed by atoms with Gasteiger partial charge in [0.2, 0.25) is 11.8 Å². The zero-order valence-corrected chi connectivity index (χ0v) is 11.8. The summed E-state index contributed by atoms with van der Waals surface area (Å²) in [7, 11) is 0. The topological polar surface area (TPSA) is 57.4 Å². The van der Waals surface area contributed by atoms with Gasteiger partial charge in [-0.3, -0.25) is 0 Å². The lowest BCUT2D eigenvalue weighted by Crippen LogP contribution is -2.09. The molecule has 0 atom stereocenters. The van der Waals surface area contributed by atoms with Crippen molar-refractivity contribution in [1.29, 1.82) is 0 Å². The van der Waals surface area contributed by atoms with Gasteiger partial charge >= 0.3 is 0 Å². The van der Waals surface area contributed by atoms with Gasteiger partial charge in [-0.05, 0) is 24.3 Å². The average molecular weight is 252 g/mol. The van der Waals surface area contributed by atoms with Crippen LogP contribution in [0.15, 0.2) is 12.1 Å². The Kier molecular flexibility index (Phi) is 5.75. The van der Waals surface area contributed by atoms with Gasteiger partial charge in [-0.1, -0.05) is 27.7 Å². The Bertz CT molecular complexity index is 365. The summed E-state index contributed by atoms with van der Waals surface area (Å²) in [5, 5.41) is 0. The van der Waals surface area contributed by atoms with Crippen molar-refractivity contribution in [2.45, 2.75) is 34.1 Å². The lowest BCUT2D eigenvalue weighted by Gasteiger charge is -2.12. The van der Waals surface area contributed by atoms with Gasteiger partial charge < -0.3 is 15.2 Å². The minimum absolute atomic E-state index is 0.441. The number of hydrogen-bond acceptors (Lipinski definition) is 4. The molecule has 4 nitrogen and oxygen atoms in total. The molecule has 0 radical (unpaired) electrons. The fraction of sp³-hybridized carbons (Fsp3) is 0.643. The van der Waals surface area contributed by atoms with Gasteiger partial charge in [-0.25, -0.2) is 0 Å². The summed E-state index contributed by atoms with van der Waals surface area (Å²) in [5.41, 5.74) is 6.36. The number of nitrogens with zero attached hydrogens (tertiary/aromatic N) is 1. The van der Waals surface area contributed by atoms with E-state index in [-0.39, 0.29) is 0 Å². The van der Waals surface area contributed by atoms with Gasteiger partial charge in [-0.15, -0.1) is 0 Å². The van der Waals surface area contributed by atoms with E-state index in [9.17, 15) is 0 Å². The molecule has 2 N–H and O–H groups in total. The summed E-state index contributed by atoms with van der Waals surface area (Å²) in [4.78, 5) is 4.27. The predicted octanol–water partition coefficient (Wildman–Crippen LogP) is 3.12. The van der Waals surface area contributed by atoms with Gasteiger partial charge in [-0.2, -0.15) is 4.98 Å². The molecule has 0 aliphatic carbocycles. The largest absolute Gasteiger partial charge is 0.478 e. The first-order valence-electron chi connectivity index (χ1n) is 6.51. The van der Waals surface area contributed by atoms with Crippen molar-refractivity contribution in [3.05, 3.63) is 12.1 Å². The molecule has 18 heavy (non-hydrogen) atoms. The van der Waals surface area contributed by atoms with E-state index in [4.69, 9.17) is 15.2 Å². The Morgan fingerprint density at radius 1 is 1.11 bits per heavy atom. The number of nitrogen functional groups attached to an aromatic ring is 1. The fourth-order valence-corrected chi connectivity index (χ4v) is 1.28. The SMILES string of the molecule is CC(C)CCOc1ccc(N)c(OCC(C)C)n1. The summed E-state index contributed by atoms with van der Waals surface area (Å²) in [6.45, 7) is 9.76. The van der Waals surface area contributed by atoms with Crippen LogP contribution in [0.2, 0.25) is 0 Å². The third kappa shape index (κ3) is 5.25. The highest BCUT2D eigenvalue weighted by molar-refractivity contribution is 5.49. The van der Waals surface area contributed by atoms with E-state index in [1.807, 2.05) is 0 Å². The van der Waals surface area contributed by atoms with Crippen molar-refractivity contribution in [3.8, 4) is 11.8 Å². The van der Waals surface area contributed by atoms with Gasteiger partial charge in [0.25, 0.3) is 0 Å². The molecule has 0 bridgehead atoms. The molecule has 4 heteroatoms. The number of nitrogens with two attached hydrogens (primary N) is 1. The second-order valence-electron chi connectivity index (χ2n) is 5.28. The van der Waals surface area contributed by atoms with Gasteiger partial charge in [0, 0.05) is 6.07 Å². The Hall–Kier alpha value is -1.45.